The average Bonchev–Trinajstić information content (AvgIpc) is 2.29. The molecule has 0 aliphatic rings. The van der Waals surface area contributed by atoms with Crippen molar-refractivity contribution in [3.63, 3.8) is 0 Å². The van der Waals surface area contributed by atoms with Gasteiger partial charge in [-0.05, 0) is 31.2 Å². The van der Waals surface area contributed by atoms with E-state index in [1.165, 1.54) is 0 Å². The molecule has 1 amide bonds. The molecule has 6 heteroatoms. The molecule has 0 aromatic heterocycles. The van der Waals surface area contributed by atoms with Gasteiger partial charge in [0, 0.05) is 0 Å². The van der Waals surface area contributed by atoms with E-state index in [1.54, 1.807) is 24.3 Å². The number of nitrogens with one attached hydrogen (secondary N) is 1. The third kappa shape index (κ3) is 4.87. The van der Waals surface area contributed by atoms with Gasteiger partial charge < -0.3 is 19.9 Å². The van der Waals surface area contributed by atoms with Crippen LogP contribution in [0.1, 0.15) is 6.92 Å². The van der Waals surface area contributed by atoms with Gasteiger partial charge in [0.15, 0.2) is 0 Å². The Morgan fingerprint density at radius 3 is 2.35 bits per heavy atom. The van der Waals surface area contributed by atoms with Crippen LogP contribution in [0.2, 0.25) is 0 Å². The van der Waals surface area contributed by atoms with Gasteiger partial charge in [0.1, 0.15) is 18.0 Å². The first-order chi connectivity index (χ1) is 8.11. The van der Waals surface area contributed by atoms with Crippen LogP contribution in [-0.4, -0.2) is 30.3 Å². The molecule has 0 atom stereocenters. The van der Waals surface area contributed by atoms with E-state index in [1.807, 2.05) is 6.92 Å². The number of carboxylic acid groups (broad SMARTS) is 1. The van der Waals surface area contributed by atoms with Crippen LogP contribution in [-0.2, 0) is 4.79 Å². The molecule has 0 saturated heterocycles. The Hall–Kier alpha value is -2.24. The van der Waals surface area contributed by atoms with Gasteiger partial charge in [0.05, 0.1) is 6.61 Å². The summed E-state index contributed by atoms with van der Waals surface area (Å²) in [6.45, 7) is 1.94. The second kappa shape index (κ2) is 6.37. The monoisotopic (exact) mass is 239 g/mol. The van der Waals surface area contributed by atoms with Crippen LogP contribution in [0, 0.1) is 0 Å². The summed E-state index contributed by atoms with van der Waals surface area (Å²) in [5, 5.41) is 10.4. The van der Waals surface area contributed by atoms with Crippen LogP contribution in [0.5, 0.6) is 11.5 Å². The van der Waals surface area contributed by atoms with Gasteiger partial charge in [-0.2, -0.15) is 0 Å². The lowest BCUT2D eigenvalue weighted by Crippen LogP contribution is -2.31. The van der Waals surface area contributed by atoms with Crippen LogP contribution in [0.25, 0.3) is 0 Å². The van der Waals surface area contributed by atoms with Gasteiger partial charge in [-0.15, -0.1) is 0 Å². The van der Waals surface area contributed by atoms with Crippen molar-refractivity contribution in [1.82, 2.24) is 5.32 Å². The van der Waals surface area contributed by atoms with Gasteiger partial charge in [0.2, 0.25) is 0 Å². The van der Waals surface area contributed by atoms with Crippen LogP contribution in [0.15, 0.2) is 24.3 Å². The van der Waals surface area contributed by atoms with E-state index in [9.17, 15) is 9.59 Å². The van der Waals surface area contributed by atoms with Gasteiger partial charge in [-0.25, -0.2) is 4.79 Å². The minimum Gasteiger partial charge on any atom is -0.494 e. The molecule has 0 fully saturated rings. The van der Waals surface area contributed by atoms with Gasteiger partial charge in [0.25, 0.3) is 0 Å². The SMILES string of the molecule is CCOc1ccc(OC(=O)NCC(=O)O)cc1. The van der Waals surface area contributed by atoms with Crippen LogP contribution < -0.4 is 14.8 Å². The second-order valence-electron chi connectivity index (χ2n) is 3.04. The number of carbonyl (C=O) groups excluding carboxylic acids is 1. The van der Waals surface area contributed by atoms with Crippen molar-refractivity contribution in [2.24, 2.45) is 0 Å². The zero-order chi connectivity index (χ0) is 12.7. The first-order valence-corrected chi connectivity index (χ1v) is 5.02. The first-order valence-electron chi connectivity index (χ1n) is 5.02. The van der Waals surface area contributed by atoms with Gasteiger partial charge in [-0.1, -0.05) is 0 Å². The molecule has 92 valence electrons. The van der Waals surface area contributed by atoms with E-state index in [0.717, 1.165) is 0 Å². The number of ether oxygens (including phenoxy) is 2. The van der Waals surface area contributed by atoms with E-state index >= 15 is 0 Å². The predicted molar refractivity (Wildman–Crippen MR) is 59.3 cm³/mol. The molecule has 17 heavy (non-hydrogen) atoms. The standard InChI is InChI=1S/C11H13NO5/c1-2-16-8-3-5-9(6-4-8)17-11(15)12-7-10(13)14/h3-6H,2,7H2,1H3,(H,12,15)(H,13,14). The highest BCUT2D eigenvalue weighted by atomic mass is 16.6. The molecule has 2 N–H and O–H groups in total. The predicted octanol–water partition coefficient (Wildman–Crippen LogP) is 1.26. The van der Waals surface area contributed by atoms with Crippen LogP contribution >= 0.6 is 0 Å². The summed E-state index contributed by atoms with van der Waals surface area (Å²) in [6, 6.07) is 6.43. The number of rotatable bonds is 5. The topological polar surface area (TPSA) is 84.9 Å². The van der Waals surface area contributed by atoms with E-state index in [0.29, 0.717) is 18.1 Å². The number of carboxylic acids is 1. The van der Waals surface area contributed by atoms with Crippen LogP contribution in [0.3, 0.4) is 0 Å². The van der Waals surface area contributed by atoms with Gasteiger partial charge in [-0.3, -0.25) is 4.79 Å². The summed E-state index contributed by atoms with van der Waals surface area (Å²) in [5.74, 6) is -0.143. The number of carbonyl (C=O) groups is 2. The summed E-state index contributed by atoms with van der Waals surface area (Å²) in [4.78, 5) is 21.3. The number of benzene rings is 1. The Kier molecular flexibility index (Phi) is 4.80. The maximum Gasteiger partial charge on any atom is 0.413 e. The highest BCUT2D eigenvalue weighted by Gasteiger charge is 2.06. The fourth-order valence-electron chi connectivity index (χ4n) is 1.06. The molecule has 1 aromatic rings. The third-order valence-corrected chi connectivity index (χ3v) is 1.73. The van der Waals surface area contributed by atoms with Crippen molar-refractivity contribution >= 4 is 12.1 Å². The lowest BCUT2D eigenvalue weighted by molar-refractivity contribution is -0.135. The Balaban J connectivity index is 2.45. The summed E-state index contributed by atoms with van der Waals surface area (Å²) >= 11 is 0. The molecular formula is C11H13NO5. The molecule has 1 rings (SSSR count). The molecule has 0 radical (unpaired) electrons. The molecule has 0 heterocycles. The average molecular weight is 239 g/mol. The number of hydrogen-bond donors (Lipinski definition) is 2. The van der Waals surface area contributed by atoms with Crippen molar-refractivity contribution < 1.29 is 24.2 Å². The zero-order valence-corrected chi connectivity index (χ0v) is 9.30. The minimum atomic E-state index is -1.13. The smallest absolute Gasteiger partial charge is 0.413 e. The summed E-state index contributed by atoms with van der Waals surface area (Å²) in [7, 11) is 0. The number of hydrogen-bond acceptors (Lipinski definition) is 4. The normalized spacial score (nSPS) is 9.47. The molecule has 0 bridgehead atoms. The largest absolute Gasteiger partial charge is 0.494 e. The zero-order valence-electron chi connectivity index (χ0n) is 9.30. The first kappa shape index (κ1) is 12.8. The lowest BCUT2D eigenvalue weighted by Gasteiger charge is -2.06. The Labute approximate surface area is 98.2 Å². The molecular weight excluding hydrogens is 226 g/mol. The fourth-order valence-corrected chi connectivity index (χ4v) is 1.06. The van der Waals surface area contributed by atoms with Gasteiger partial charge >= 0.3 is 12.1 Å². The third-order valence-electron chi connectivity index (χ3n) is 1.73. The Bertz CT molecular complexity index is 387. The van der Waals surface area contributed by atoms with Crippen molar-refractivity contribution in [3.8, 4) is 11.5 Å². The van der Waals surface area contributed by atoms with E-state index in [2.05, 4.69) is 5.32 Å². The maximum absolute atomic E-state index is 11.1. The summed E-state index contributed by atoms with van der Waals surface area (Å²) < 4.78 is 10.0. The quantitative estimate of drug-likeness (QED) is 0.807. The van der Waals surface area contributed by atoms with Crippen molar-refractivity contribution in [3.05, 3.63) is 24.3 Å². The fraction of sp³-hybridized carbons (Fsp3) is 0.273. The highest BCUT2D eigenvalue weighted by molar-refractivity contribution is 5.77. The maximum atomic E-state index is 11.1. The highest BCUT2D eigenvalue weighted by Crippen LogP contribution is 2.17. The van der Waals surface area contributed by atoms with E-state index < -0.39 is 18.6 Å². The van der Waals surface area contributed by atoms with Crippen LogP contribution in [0.4, 0.5) is 4.79 Å². The molecule has 0 aliphatic carbocycles. The minimum absolute atomic E-state index is 0.316. The van der Waals surface area contributed by atoms with E-state index in [-0.39, 0.29) is 0 Å². The second-order valence-corrected chi connectivity index (χ2v) is 3.04. The molecule has 0 unspecified atom stereocenters. The van der Waals surface area contributed by atoms with Crippen molar-refractivity contribution in [2.75, 3.05) is 13.2 Å². The number of aliphatic carboxylic acids is 1. The Morgan fingerprint density at radius 2 is 1.82 bits per heavy atom. The summed E-state index contributed by atoms with van der Waals surface area (Å²) in [6.07, 6.45) is -0.809. The van der Waals surface area contributed by atoms with Crippen molar-refractivity contribution in [1.29, 1.82) is 0 Å². The molecule has 0 spiro atoms. The summed E-state index contributed by atoms with van der Waals surface area (Å²) in [5.41, 5.74) is 0. The Morgan fingerprint density at radius 1 is 1.24 bits per heavy atom. The molecule has 6 nitrogen and oxygen atoms in total. The molecule has 1 aromatic carbocycles. The number of amides is 1. The lowest BCUT2D eigenvalue weighted by atomic mass is 10.3. The molecule has 0 aliphatic heterocycles. The van der Waals surface area contributed by atoms with Crippen molar-refractivity contribution in [2.45, 2.75) is 6.92 Å². The molecule has 0 saturated carbocycles. The van der Waals surface area contributed by atoms with E-state index in [4.69, 9.17) is 14.6 Å².